The van der Waals surface area contributed by atoms with Crippen LogP contribution in [0.15, 0.2) is 24.3 Å². The third-order valence-corrected chi connectivity index (χ3v) is 6.51. The van der Waals surface area contributed by atoms with Crippen molar-refractivity contribution in [2.75, 3.05) is 19.8 Å². The van der Waals surface area contributed by atoms with Gasteiger partial charge in [0.25, 0.3) is 0 Å². The predicted molar refractivity (Wildman–Crippen MR) is 135 cm³/mol. The topological polar surface area (TPSA) is 102 Å². The van der Waals surface area contributed by atoms with E-state index in [1.54, 1.807) is 29.2 Å². The predicted octanol–water partition coefficient (Wildman–Crippen LogP) is 3.87. The minimum atomic E-state index is -0.524. The maximum atomic E-state index is 13.5. The van der Waals surface area contributed by atoms with Gasteiger partial charge in [0.2, 0.25) is 17.6 Å². The van der Waals surface area contributed by atoms with E-state index < -0.39 is 6.04 Å². The number of amides is 2. The van der Waals surface area contributed by atoms with E-state index in [2.05, 4.69) is 27.7 Å². The molecule has 1 aromatic heterocycles. The van der Waals surface area contributed by atoms with Crippen LogP contribution in [0, 0.1) is 0 Å². The SMILES string of the molecule is CCCCC(C(=O)NC1CCCC1)N(CCCOCC)C(=O)Cn1nnc(-c2ccc(Cl)cc2)n1. The van der Waals surface area contributed by atoms with Crippen molar-refractivity contribution in [1.29, 1.82) is 0 Å². The number of ether oxygens (including phenoxy) is 1. The van der Waals surface area contributed by atoms with Gasteiger partial charge in [0.15, 0.2) is 0 Å². The van der Waals surface area contributed by atoms with Gasteiger partial charge in [-0.25, -0.2) is 0 Å². The Hall–Kier alpha value is -2.52. The van der Waals surface area contributed by atoms with E-state index in [0.29, 0.717) is 43.4 Å². The molecule has 1 aromatic carbocycles. The summed E-state index contributed by atoms with van der Waals surface area (Å²) >= 11 is 5.96. The Labute approximate surface area is 212 Å². The Balaban J connectivity index is 1.74. The van der Waals surface area contributed by atoms with Crippen LogP contribution in [0.4, 0.5) is 0 Å². The molecule has 1 heterocycles. The number of carbonyl (C=O) groups excluding carboxylic acids is 2. The number of carbonyl (C=O) groups is 2. The van der Waals surface area contributed by atoms with Crippen molar-refractivity contribution in [1.82, 2.24) is 30.4 Å². The molecule has 0 bridgehead atoms. The van der Waals surface area contributed by atoms with Crippen molar-refractivity contribution in [3.63, 3.8) is 0 Å². The molecule has 1 saturated carbocycles. The highest BCUT2D eigenvalue weighted by Crippen LogP contribution is 2.20. The first-order chi connectivity index (χ1) is 17.0. The lowest BCUT2D eigenvalue weighted by Crippen LogP contribution is -2.52. The molecule has 192 valence electrons. The number of rotatable bonds is 14. The molecule has 10 heteroatoms. The maximum Gasteiger partial charge on any atom is 0.246 e. The number of nitrogens with one attached hydrogen (secondary N) is 1. The fourth-order valence-corrected chi connectivity index (χ4v) is 4.49. The van der Waals surface area contributed by atoms with Crippen molar-refractivity contribution in [3.05, 3.63) is 29.3 Å². The number of hydrogen-bond donors (Lipinski definition) is 1. The summed E-state index contributed by atoms with van der Waals surface area (Å²) in [6, 6.07) is 6.79. The van der Waals surface area contributed by atoms with Gasteiger partial charge < -0.3 is 15.0 Å². The van der Waals surface area contributed by atoms with E-state index in [4.69, 9.17) is 16.3 Å². The first kappa shape index (κ1) is 27.1. The van der Waals surface area contributed by atoms with Crippen LogP contribution in [0.1, 0.15) is 65.2 Å². The number of aromatic nitrogens is 4. The van der Waals surface area contributed by atoms with Crippen LogP contribution in [-0.4, -0.2) is 68.8 Å². The number of tetrazole rings is 1. The van der Waals surface area contributed by atoms with Crippen molar-refractivity contribution in [2.24, 2.45) is 0 Å². The van der Waals surface area contributed by atoms with Crippen LogP contribution >= 0.6 is 11.6 Å². The van der Waals surface area contributed by atoms with Crippen LogP contribution in [0.3, 0.4) is 0 Å². The number of nitrogens with zero attached hydrogens (tertiary/aromatic N) is 5. The molecule has 3 rings (SSSR count). The lowest BCUT2D eigenvalue weighted by molar-refractivity contribution is -0.142. The standard InChI is InChI=1S/C25H37ClN6O3/c1-3-5-11-22(25(34)27-21-9-6-7-10-21)31(16-8-17-35-4-2)23(33)18-32-29-24(28-30-32)19-12-14-20(26)15-13-19/h12-15,21-22H,3-11,16-18H2,1-2H3,(H,27,34). The maximum absolute atomic E-state index is 13.5. The van der Waals surface area contributed by atoms with Gasteiger partial charge in [-0.1, -0.05) is 44.2 Å². The van der Waals surface area contributed by atoms with Crippen LogP contribution in [0.2, 0.25) is 5.02 Å². The van der Waals surface area contributed by atoms with E-state index in [1.807, 2.05) is 6.92 Å². The molecule has 2 aromatic rings. The monoisotopic (exact) mass is 504 g/mol. The van der Waals surface area contributed by atoms with Gasteiger partial charge >= 0.3 is 0 Å². The summed E-state index contributed by atoms with van der Waals surface area (Å²) in [5.74, 6) is 0.145. The van der Waals surface area contributed by atoms with E-state index in [-0.39, 0.29) is 24.4 Å². The summed E-state index contributed by atoms with van der Waals surface area (Å²) in [4.78, 5) is 29.8. The molecule has 1 N–H and O–H groups in total. The second-order valence-electron chi connectivity index (χ2n) is 8.94. The van der Waals surface area contributed by atoms with Crippen molar-refractivity contribution in [3.8, 4) is 11.4 Å². The highest BCUT2D eigenvalue weighted by atomic mass is 35.5. The van der Waals surface area contributed by atoms with Gasteiger partial charge in [-0.3, -0.25) is 9.59 Å². The Bertz CT molecular complexity index is 930. The fraction of sp³-hybridized carbons (Fsp3) is 0.640. The zero-order valence-electron chi connectivity index (χ0n) is 20.8. The Morgan fingerprint density at radius 2 is 1.94 bits per heavy atom. The van der Waals surface area contributed by atoms with Gasteiger partial charge in [0.05, 0.1) is 0 Å². The van der Waals surface area contributed by atoms with Gasteiger partial charge in [-0.15, -0.1) is 10.2 Å². The first-order valence-electron chi connectivity index (χ1n) is 12.7. The molecular weight excluding hydrogens is 468 g/mol. The number of unbranched alkanes of at least 4 members (excludes halogenated alkanes) is 1. The first-order valence-corrected chi connectivity index (χ1v) is 13.1. The fourth-order valence-electron chi connectivity index (χ4n) is 4.37. The molecule has 1 aliphatic rings. The minimum Gasteiger partial charge on any atom is -0.382 e. The van der Waals surface area contributed by atoms with Crippen LogP contribution < -0.4 is 5.32 Å². The highest BCUT2D eigenvalue weighted by Gasteiger charge is 2.31. The normalized spacial score (nSPS) is 14.7. The molecule has 0 radical (unpaired) electrons. The lowest BCUT2D eigenvalue weighted by atomic mass is 10.1. The molecule has 0 saturated heterocycles. The molecule has 1 unspecified atom stereocenters. The van der Waals surface area contributed by atoms with Gasteiger partial charge in [0.1, 0.15) is 12.6 Å². The van der Waals surface area contributed by atoms with Gasteiger partial charge in [-0.05, 0) is 62.1 Å². The van der Waals surface area contributed by atoms with E-state index >= 15 is 0 Å². The summed E-state index contributed by atoms with van der Waals surface area (Å²) in [7, 11) is 0. The molecule has 2 amide bonds. The van der Waals surface area contributed by atoms with E-state index in [9.17, 15) is 9.59 Å². The second-order valence-corrected chi connectivity index (χ2v) is 9.37. The molecular formula is C25H37ClN6O3. The van der Waals surface area contributed by atoms with Crippen LogP contribution in [0.5, 0.6) is 0 Å². The average Bonchev–Trinajstić information content (AvgIpc) is 3.53. The Morgan fingerprint density at radius 1 is 1.20 bits per heavy atom. The summed E-state index contributed by atoms with van der Waals surface area (Å²) in [5, 5.41) is 16.3. The van der Waals surface area contributed by atoms with E-state index in [1.165, 1.54) is 4.80 Å². The van der Waals surface area contributed by atoms with Crippen molar-refractivity contribution >= 4 is 23.4 Å². The Kier molecular flexibility index (Phi) is 10.9. The van der Waals surface area contributed by atoms with Crippen molar-refractivity contribution < 1.29 is 14.3 Å². The lowest BCUT2D eigenvalue weighted by Gasteiger charge is -2.32. The van der Waals surface area contributed by atoms with Gasteiger partial charge in [-0.2, -0.15) is 4.80 Å². The second kappa shape index (κ2) is 14.1. The summed E-state index contributed by atoms with van der Waals surface area (Å²) in [5.41, 5.74) is 0.762. The minimum absolute atomic E-state index is 0.0662. The largest absolute Gasteiger partial charge is 0.382 e. The molecule has 1 fully saturated rings. The third-order valence-electron chi connectivity index (χ3n) is 6.26. The molecule has 1 atom stereocenters. The number of benzene rings is 1. The number of hydrogen-bond acceptors (Lipinski definition) is 6. The molecule has 1 aliphatic carbocycles. The van der Waals surface area contributed by atoms with Crippen molar-refractivity contribution in [2.45, 2.75) is 83.8 Å². The quantitative estimate of drug-likeness (QED) is 0.392. The molecule has 0 spiro atoms. The summed E-state index contributed by atoms with van der Waals surface area (Å²) in [6.07, 6.45) is 7.35. The summed E-state index contributed by atoms with van der Waals surface area (Å²) in [6.45, 7) is 5.53. The zero-order chi connectivity index (χ0) is 25.0. The smallest absolute Gasteiger partial charge is 0.246 e. The molecule has 0 aliphatic heterocycles. The van der Waals surface area contributed by atoms with Gasteiger partial charge in [0, 0.05) is 36.4 Å². The Morgan fingerprint density at radius 3 is 2.63 bits per heavy atom. The number of halogens is 1. The molecule has 35 heavy (non-hydrogen) atoms. The third kappa shape index (κ3) is 8.28. The summed E-state index contributed by atoms with van der Waals surface area (Å²) < 4.78 is 5.48. The van der Waals surface area contributed by atoms with Crippen LogP contribution in [-0.2, 0) is 20.9 Å². The highest BCUT2D eigenvalue weighted by molar-refractivity contribution is 6.30. The average molecular weight is 505 g/mol. The van der Waals surface area contributed by atoms with Crippen LogP contribution in [0.25, 0.3) is 11.4 Å². The zero-order valence-corrected chi connectivity index (χ0v) is 21.5. The molecule has 9 nitrogen and oxygen atoms in total. The van der Waals surface area contributed by atoms with E-state index in [0.717, 1.165) is 44.1 Å².